The van der Waals surface area contributed by atoms with Gasteiger partial charge in [-0.2, -0.15) is 5.26 Å². The van der Waals surface area contributed by atoms with Gasteiger partial charge >= 0.3 is 0 Å². The van der Waals surface area contributed by atoms with Gasteiger partial charge in [0.2, 0.25) is 0 Å². The number of hydrogen-bond acceptors (Lipinski definition) is 3. The zero-order chi connectivity index (χ0) is 10.1. The third kappa shape index (κ3) is 1.33. The van der Waals surface area contributed by atoms with Crippen LogP contribution in [0.25, 0.3) is 10.1 Å². The average molecular weight is 224 g/mol. The van der Waals surface area contributed by atoms with Gasteiger partial charge in [-0.3, -0.25) is 0 Å². The van der Waals surface area contributed by atoms with Crippen molar-refractivity contribution in [2.45, 2.75) is 6.42 Å². The molecular weight excluding hydrogens is 218 g/mol. The molecule has 0 atom stereocenters. The van der Waals surface area contributed by atoms with Gasteiger partial charge < -0.3 is 5.11 Å². The molecule has 0 radical (unpaired) electrons. The highest BCUT2D eigenvalue weighted by Gasteiger charge is 2.12. The zero-order valence-corrected chi connectivity index (χ0v) is 8.69. The Balaban J connectivity index is 2.79. The molecule has 0 spiro atoms. The van der Waals surface area contributed by atoms with Crippen LogP contribution in [0.2, 0.25) is 4.34 Å². The van der Waals surface area contributed by atoms with Gasteiger partial charge in [0.25, 0.3) is 0 Å². The normalized spacial score (nSPS) is 10.3. The van der Waals surface area contributed by atoms with Crippen LogP contribution in [-0.2, 0) is 6.42 Å². The molecule has 0 saturated heterocycles. The standard InChI is InChI=1S/C10H6ClNOS/c11-10-9(13)8-6(4-5-12)2-1-3-7(8)14-10/h1-3,13H,4H2. The molecule has 0 aliphatic rings. The molecule has 0 bridgehead atoms. The highest BCUT2D eigenvalue weighted by Crippen LogP contribution is 2.42. The second kappa shape index (κ2) is 3.49. The van der Waals surface area contributed by atoms with Crippen LogP contribution in [0.15, 0.2) is 18.2 Å². The predicted molar refractivity (Wildman–Crippen MR) is 57.8 cm³/mol. The Morgan fingerprint density at radius 3 is 3.00 bits per heavy atom. The van der Waals surface area contributed by atoms with E-state index in [9.17, 15) is 5.11 Å². The number of aromatic hydroxyl groups is 1. The van der Waals surface area contributed by atoms with Crippen LogP contribution in [0.1, 0.15) is 5.56 Å². The van der Waals surface area contributed by atoms with Gasteiger partial charge in [0.15, 0.2) is 5.75 Å². The van der Waals surface area contributed by atoms with Gasteiger partial charge in [-0.1, -0.05) is 23.7 Å². The number of fused-ring (bicyclic) bond motifs is 1. The van der Waals surface area contributed by atoms with Crippen molar-refractivity contribution >= 4 is 33.0 Å². The fourth-order valence-electron chi connectivity index (χ4n) is 1.41. The molecule has 2 aromatic rings. The molecular formula is C10H6ClNOS. The van der Waals surface area contributed by atoms with Crippen molar-refractivity contribution in [3.8, 4) is 11.8 Å². The summed E-state index contributed by atoms with van der Waals surface area (Å²) in [6, 6.07) is 7.63. The number of thiophene rings is 1. The Hall–Kier alpha value is -1.24. The quantitative estimate of drug-likeness (QED) is 0.806. The Kier molecular flexibility index (Phi) is 2.32. The maximum absolute atomic E-state index is 9.67. The fraction of sp³-hybridized carbons (Fsp3) is 0.100. The predicted octanol–water partition coefficient (Wildman–Crippen LogP) is 3.33. The molecule has 0 aliphatic heterocycles. The number of hydrogen-bond donors (Lipinski definition) is 1. The molecule has 2 rings (SSSR count). The molecule has 1 N–H and O–H groups in total. The molecule has 0 fully saturated rings. The summed E-state index contributed by atoms with van der Waals surface area (Å²) in [7, 11) is 0. The van der Waals surface area contributed by atoms with E-state index in [1.165, 1.54) is 11.3 Å². The number of halogens is 1. The van der Waals surface area contributed by atoms with Crippen molar-refractivity contribution in [3.63, 3.8) is 0 Å². The molecule has 14 heavy (non-hydrogen) atoms. The lowest BCUT2D eigenvalue weighted by Gasteiger charge is -1.97. The number of nitriles is 1. The van der Waals surface area contributed by atoms with E-state index in [1.807, 2.05) is 18.2 Å². The lowest BCUT2D eigenvalue weighted by molar-refractivity contribution is 0.483. The lowest BCUT2D eigenvalue weighted by Crippen LogP contribution is -1.81. The molecule has 0 saturated carbocycles. The number of rotatable bonds is 1. The first kappa shape index (κ1) is 9.32. The number of nitrogens with zero attached hydrogens (tertiary/aromatic N) is 1. The molecule has 70 valence electrons. The van der Waals surface area contributed by atoms with Gasteiger partial charge in [-0.25, -0.2) is 0 Å². The van der Waals surface area contributed by atoms with Crippen molar-refractivity contribution in [1.82, 2.24) is 0 Å². The topological polar surface area (TPSA) is 44.0 Å². The van der Waals surface area contributed by atoms with E-state index in [0.717, 1.165) is 10.3 Å². The summed E-state index contributed by atoms with van der Waals surface area (Å²) in [5.41, 5.74) is 0.825. The first-order chi connectivity index (χ1) is 6.74. The summed E-state index contributed by atoms with van der Waals surface area (Å²) >= 11 is 7.13. The SMILES string of the molecule is N#CCc1cccc2sc(Cl)c(O)c12. The van der Waals surface area contributed by atoms with Crippen LogP contribution in [0.5, 0.6) is 5.75 Å². The summed E-state index contributed by atoms with van der Waals surface area (Å²) in [4.78, 5) is 0. The molecule has 1 heterocycles. The zero-order valence-electron chi connectivity index (χ0n) is 7.12. The minimum absolute atomic E-state index is 0.0949. The summed E-state index contributed by atoms with van der Waals surface area (Å²) in [5.74, 6) is 0.0949. The summed E-state index contributed by atoms with van der Waals surface area (Å²) in [6.45, 7) is 0. The van der Waals surface area contributed by atoms with Crippen LogP contribution >= 0.6 is 22.9 Å². The fourth-order valence-corrected chi connectivity index (χ4v) is 2.62. The van der Waals surface area contributed by atoms with Crippen LogP contribution < -0.4 is 0 Å². The van der Waals surface area contributed by atoms with E-state index in [4.69, 9.17) is 16.9 Å². The maximum Gasteiger partial charge on any atom is 0.153 e. The van der Waals surface area contributed by atoms with E-state index < -0.39 is 0 Å². The van der Waals surface area contributed by atoms with E-state index in [0.29, 0.717) is 9.72 Å². The third-order valence-corrected chi connectivity index (χ3v) is 3.35. The van der Waals surface area contributed by atoms with E-state index in [-0.39, 0.29) is 12.2 Å². The van der Waals surface area contributed by atoms with Gasteiger partial charge in [-0.05, 0) is 11.6 Å². The van der Waals surface area contributed by atoms with Crippen LogP contribution in [0.3, 0.4) is 0 Å². The average Bonchev–Trinajstić information content (AvgIpc) is 2.45. The molecule has 4 heteroatoms. The molecule has 1 aromatic carbocycles. The maximum atomic E-state index is 9.67. The van der Waals surface area contributed by atoms with Gasteiger partial charge in [0.05, 0.1) is 12.5 Å². The largest absolute Gasteiger partial charge is 0.505 e. The Morgan fingerprint density at radius 2 is 2.29 bits per heavy atom. The summed E-state index contributed by atoms with van der Waals surface area (Å²) in [5, 5.41) is 19.0. The van der Waals surface area contributed by atoms with E-state index >= 15 is 0 Å². The summed E-state index contributed by atoms with van der Waals surface area (Å²) in [6.07, 6.45) is 0.290. The Bertz CT molecular complexity index is 527. The van der Waals surface area contributed by atoms with Gasteiger partial charge in [0, 0.05) is 10.1 Å². The van der Waals surface area contributed by atoms with Crippen LogP contribution in [0.4, 0.5) is 0 Å². The second-order valence-corrected chi connectivity index (χ2v) is 4.50. The van der Waals surface area contributed by atoms with Crippen LogP contribution in [0, 0.1) is 11.3 Å². The van der Waals surface area contributed by atoms with Crippen molar-refractivity contribution in [2.24, 2.45) is 0 Å². The van der Waals surface area contributed by atoms with Crippen molar-refractivity contribution in [1.29, 1.82) is 5.26 Å². The van der Waals surface area contributed by atoms with Crippen LogP contribution in [-0.4, -0.2) is 5.11 Å². The monoisotopic (exact) mass is 223 g/mol. The van der Waals surface area contributed by atoms with Gasteiger partial charge in [0.1, 0.15) is 4.34 Å². The Morgan fingerprint density at radius 1 is 1.50 bits per heavy atom. The smallest absolute Gasteiger partial charge is 0.153 e. The lowest BCUT2D eigenvalue weighted by atomic mass is 10.1. The first-order valence-corrected chi connectivity index (χ1v) is 5.19. The molecule has 2 nitrogen and oxygen atoms in total. The number of benzene rings is 1. The Labute approximate surface area is 90.0 Å². The highest BCUT2D eigenvalue weighted by atomic mass is 35.5. The van der Waals surface area contributed by atoms with Crippen molar-refractivity contribution < 1.29 is 5.11 Å². The minimum atomic E-state index is 0.0949. The van der Waals surface area contributed by atoms with E-state index in [2.05, 4.69) is 6.07 Å². The highest BCUT2D eigenvalue weighted by molar-refractivity contribution is 7.23. The molecule has 0 aliphatic carbocycles. The van der Waals surface area contributed by atoms with Crippen molar-refractivity contribution in [2.75, 3.05) is 0 Å². The van der Waals surface area contributed by atoms with Gasteiger partial charge in [-0.15, -0.1) is 11.3 Å². The molecule has 0 amide bonds. The third-order valence-electron chi connectivity index (χ3n) is 2.00. The van der Waals surface area contributed by atoms with E-state index in [1.54, 1.807) is 0 Å². The summed E-state index contributed by atoms with van der Waals surface area (Å²) < 4.78 is 1.30. The molecule has 0 unspecified atom stereocenters. The first-order valence-electron chi connectivity index (χ1n) is 4.00. The second-order valence-electron chi connectivity index (χ2n) is 2.85. The van der Waals surface area contributed by atoms with Crippen molar-refractivity contribution in [3.05, 3.63) is 28.1 Å². The molecule has 1 aromatic heterocycles. The minimum Gasteiger partial charge on any atom is -0.505 e.